The summed E-state index contributed by atoms with van der Waals surface area (Å²) >= 11 is 5.58. The van der Waals surface area contributed by atoms with Crippen molar-refractivity contribution in [2.45, 2.75) is 20.8 Å². The number of anilines is 1. The fourth-order valence-corrected chi connectivity index (χ4v) is 1.43. The lowest BCUT2D eigenvalue weighted by molar-refractivity contribution is 1.20. The van der Waals surface area contributed by atoms with Gasteiger partial charge in [-0.2, -0.15) is 0 Å². The molecule has 0 bridgehead atoms. The van der Waals surface area contributed by atoms with Gasteiger partial charge in [-0.25, -0.2) is 0 Å². The third-order valence-corrected chi connectivity index (χ3v) is 2.35. The molecule has 0 unspecified atom stereocenters. The first-order chi connectivity index (χ1) is 6.61. The van der Waals surface area contributed by atoms with Crippen LogP contribution >= 0.6 is 11.6 Å². The Morgan fingerprint density at radius 1 is 1.29 bits per heavy atom. The molecule has 1 aromatic rings. The number of hydrogen-bond donors (Lipinski definition) is 1. The van der Waals surface area contributed by atoms with Gasteiger partial charge in [-0.15, -0.1) is 0 Å². The van der Waals surface area contributed by atoms with Crippen LogP contribution in [-0.2, 0) is 0 Å². The number of aryl methyl sites for hydroxylation is 2. The van der Waals surface area contributed by atoms with Gasteiger partial charge in [0, 0.05) is 17.8 Å². The monoisotopic (exact) mass is 209 g/mol. The molecule has 0 aliphatic carbocycles. The Labute approximate surface area is 90.8 Å². The molecule has 76 valence electrons. The molecule has 1 N–H and O–H groups in total. The summed E-state index contributed by atoms with van der Waals surface area (Å²) < 4.78 is 0. The molecular formula is C12H16ClN. The molecule has 0 amide bonds. The minimum absolute atomic E-state index is 0.798. The number of benzene rings is 1. The Morgan fingerprint density at radius 2 is 1.86 bits per heavy atom. The second-order valence-corrected chi connectivity index (χ2v) is 3.90. The van der Waals surface area contributed by atoms with E-state index < -0.39 is 0 Å². The number of nitrogens with one attached hydrogen (secondary N) is 1. The van der Waals surface area contributed by atoms with E-state index >= 15 is 0 Å². The van der Waals surface area contributed by atoms with Crippen molar-refractivity contribution in [2.24, 2.45) is 0 Å². The molecule has 0 aliphatic heterocycles. The molecule has 0 fully saturated rings. The number of hydrogen-bond acceptors (Lipinski definition) is 1. The first kappa shape index (κ1) is 11.1. The van der Waals surface area contributed by atoms with Crippen LogP contribution in [0.5, 0.6) is 0 Å². The van der Waals surface area contributed by atoms with Gasteiger partial charge in [0.05, 0.1) is 0 Å². The van der Waals surface area contributed by atoms with Gasteiger partial charge >= 0.3 is 0 Å². The summed E-state index contributed by atoms with van der Waals surface area (Å²) in [7, 11) is 0. The van der Waals surface area contributed by atoms with Crippen LogP contribution in [0.2, 0.25) is 0 Å². The van der Waals surface area contributed by atoms with Gasteiger partial charge in [-0.05, 0) is 49.6 Å². The molecule has 0 atom stereocenters. The van der Waals surface area contributed by atoms with Crippen molar-refractivity contribution in [1.29, 1.82) is 0 Å². The molecule has 0 radical (unpaired) electrons. The molecule has 0 saturated heterocycles. The summed E-state index contributed by atoms with van der Waals surface area (Å²) in [6, 6.07) is 6.43. The molecule has 14 heavy (non-hydrogen) atoms. The molecule has 0 aromatic heterocycles. The van der Waals surface area contributed by atoms with Gasteiger partial charge in [0.25, 0.3) is 0 Å². The first-order valence-corrected chi connectivity index (χ1v) is 5.13. The van der Waals surface area contributed by atoms with Crippen molar-refractivity contribution in [1.82, 2.24) is 0 Å². The zero-order chi connectivity index (χ0) is 10.6. The Balaban J connectivity index is 2.67. The summed E-state index contributed by atoms with van der Waals surface area (Å²) in [6.07, 6.45) is 0. The Hall–Kier alpha value is -0.950. The number of halogens is 1. The van der Waals surface area contributed by atoms with Crippen molar-refractivity contribution in [3.05, 3.63) is 40.4 Å². The highest BCUT2D eigenvalue weighted by Gasteiger charge is 1.95. The van der Waals surface area contributed by atoms with Gasteiger partial charge in [0.15, 0.2) is 0 Å². The second-order valence-electron chi connectivity index (χ2n) is 3.69. The molecule has 0 heterocycles. The van der Waals surface area contributed by atoms with Crippen molar-refractivity contribution in [2.75, 3.05) is 11.9 Å². The Morgan fingerprint density at radius 3 is 2.36 bits per heavy atom. The Bertz CT molecular complexity index is 322. The zero-order valence-corrected chi connectivity index (χ0v) is 9.65. The summed E-state index contributed by atoms with van der Waals surface area (Å²) in [5, 5.41) is 3.32. The van der Waals surface area contributed by atoms with Crippen LogP contribution in [0.1, 0.15) is 18.1 Å². The van der Waals surface area contributed by atoms with Crippen LogP contribution in [0.4, 0.5) is 5.69 Å². The average molecular weight is 210 g/mol. The van der Waals surface area contributed by atoms with E-state index in [4.69, 9.17) is 11.6 Å². The zero-order valence-electron chi connectivity index (χ0n) is 8.89. The van der Waals surface area contributed by atoms with E-state index in [1.165, 1.54) is 11.1 Å². The molecule has 1 rings (SSSR count). The second kappa shape index (κ2) is 5.06. The van der Waals surface area contributed by atoms with Crippen molar-refractivity contribution >= 4 is 17.3 Å². The summed E-state index contributed by atoms with van der Waals surface area (Å²) in [6.45, 7) is 7.00. The van der Waals surface area contributed by atoms with E-state index in [1.54, 1.807) is 5.54 Å². The lowest BCUT2D eigenvalue weighted by Crippen LogP contribution is -2.02. The third-order valence-electron chi connectivity index (χ3n) is 1.98. The summed E-state index contributed by atoms with van der Waals surface area (Å²) in [5.41, 5.74) is 6.45. The fraction of sp³-hybridized carbons (Fsp3) is 0.333. The van der Waals surface area contributed by atoms with Gasteiger partial charge in [-0.3, -0.25) is 0 Å². The maximum absolute atomic E-state index is 5.58. The highest BCUT2D eigenvalue weighted by molar-refractivity contribution is 6.25. The summed E-state index contributed by atoms with van der Waals surface area (Å²) in [4.78, 5) is 0. The SMILES string of the molecule is C/C(=C/Cl)CNc1cc(C)cc(C)c1. The van der Waals surface area contributed by atoms with Crippen LogP contribution in [0.25, 0.3) is 0 Å². The van der Waals surface area contributed by atoms with Crippen molar-refractivity contribution in [3.8, 4) is 0 Å². The fourth-order valence-electron chi connectivity index (χ4n) is 1.36. The van der Waals surface area contributed by atoms with Gasteiger partial charge in [0.1, 0.15) is 0 Å². The summed E-state index contributed by atoms with van der Waals surface area (Å²) in [5.74, 6) is 0. The molecular weight excluding hydrogens is 194 g/mol. The van der Waals surface area contributed by atoms with Gasteiger partial charge in [-0.1, -0.05) is 17.7 Å². The molecule has 0 saturated carbocycles. The maximum Gasteiger partial charge on any atom is 0.0369 e. The highest BCUT2D eigenvalue weighted by atomic mass is 35.5. The van der Waals surface area contributed by atoms with E-state index in [9.17, 15) is 0 Å². The number of rotatable bonds is 3. The first-order valence-electron chi connectivity index (χ1n) is 4.70. The minimum Gasteiger partial charge on any atom is -0.381 e. The standard InChI is InChI=1S/C12H16ClN/c1-9-4-10(2)6-12(5-9)14-8-11(3)7-13/h4-7,14H,8H2,1-3H3/b11-7-. The molecule has 1 nitrogen and oxygen atoms in total. The quantitative estimate of drug-likeness (QED) is 0.797. The molecule has 0 spiro atoms. The topological polar surface area (TPSA) is 12.0 Å². The van der Waals surface area contributed by atoms with Crippen molar-refractivity contribution < 1.29 is 0 Å². The van der Waals surface area contributed by atoms with E-state index in [-0.39, 0.29) is 0 Å². The van der Waals surface area contributed by atoms with Crippen molar-refractivity contribution in [3.63, 3.8) is 0 Å². The van der Waals surface area contributed by atoms with Crippen LogP contribution in [0.3, 0.4) is 0 Å². The van der Waals surface area contributed by atoms with Gasteiger partial charge in [0.2, 0.25) is 0 Å². The lowest BCUT2D eigenvalue weighted by atomic mass is 10.1. The third kappa shape index (κ3) is 3.43. The average Bonchev–Trinajstić information content (AvgIpc) is 2.12. The Kier molecular flexibility index (Phi) is 4.02. The highest BCUT2D eigenvalue weighted by Crippen LogP contribution is 2.14. The minimum atomic E-state index is 0.798. The maximum atomic E-state index is 5.58. The van der Waals surface area contributed by atoms with E-state index in [0.717, 1.165) is 17.8 Å². The lowest BCUT2D eigenvalue weighted by Gasteiger charge is -2.08. The molecule has 1 aromatic carbocycles. The van der Waals surface area contributed by atoms with Gasteiger partial charge < -0.3 is 5.32 Å². The van der Waals surface area contributed by atoms with Crippen LogP contribution in [0, 0.1) is 13.8 Å². The normalized spacial score (nSPS) is 11.6. The molecule has 0 aliphatic rings. The van der Waals surface area contributed by atoms with Crippen LogP contribution < -0.4 is 5.32 Å². The molecule has 2 heteroatoms. The predicted octanol–water partition coefficient (Wildman–Crippen LogP) is 3.86. The van der Waals surface area contributed by atoms with Crippen LogP contribution in [-0.4, -0.2) is 6.54 Å². The van der Waals surface area contributed by atoms with E-state index in [1.807, 2.05) is 6.92 Å². The van der Waals surface area contributed by atoms with E-state index in [2.05, 4.69) is 37.4 Å². The smallest absolute Gasteiger partial charge is 0.0369 e. The van der Waals surface area contributed by atoms with E-state index in [0.29, 0.717) is 0 Å². The van der Waals surface area contributed by atoms with Crippen LogP contribution in [0.15, 0.2) is 29.3 Å². The predicted molar refractivity (Wildman–Crippen MR) is 64.0 cm³/mol. The largest absolute Gasteiger partial charge is 0.381 e.